The van der Waals surface area contributed by atoms with Gasteiger partial charge in [-0.1, -0.05) is 12.1 Å². The van der Waals surface area contributed by atoms with Crippen LogP contribution >= 0.6 is 0 Å². The summed E-state index contributed by atoms with van der Waals surface area (Å²) in [7, 11) is 0. The van der Waals surface area contributed by atoms with Gasteiger partial charge in [-0.2, -0.15) is 8.78 Å². The maximum absolute atomic E-state index is 13.0. The number of ether oxygens (including phenoxy) is 2. The van der Waals surface area contributed by atoms with Crippen LogP contribution < -0.4 is 10.1 Å². The molecule has 2 fully saturated rings. The van der Waals surface area contributed by atoms with Gasteiger partial charge in [-0.15, -0.1) is 0 Å². The second kappa shape index (κ2) is 9.37. The molecule has 10 nitrogen and oxygen atoms in total. The van der Waals surface area contributed by atoms with Crippen LogP contribution in [0.25, 0.3) is 0 Å². The molecule has 2 aliphatic heterocycles. The van der Waals surface area contributed by atoms with Crippen molar-refractivity contribution >= 4 is 23.9 Å². The van der Waals surface area contributed by atoms with Gasteiger partial charge in [0.05, 0.1) is 6.61 Å². The predicted octanol–water partition coefficient (Wildman–Crippen LogP) is 1.36. The summed E-state index contributed by atoms with van der Waals surface area (Å²) in [6, 6.07) is 4.60. The number of piperazine rings is 1. The van der Waals surface area contributed by atoms with Crippen LogP contribution in [0, 0.1) is 0 Å². The zero-order valence-corrected chi connectivity index (χ0v) is 17.7. The maximum Gasteiger partial charge on any atom is 0.409 e. The van der Waals surface area contributed by atoms with E-state index >= 15 is 0 Å². The summed E-state index contributed by atoms with van der Waals surface area (Å²) in [5.74, 6) is -1.15. The van der Waals surface area contributed by atoms with Crippen LogP contribution in [-0.2, 0) is 19.9 Å². The van der Waals surface area contributed by atoms with E-state index in [1.54, 1.807) is 6.92 Å². The lowest BCUT2D eigenvalue weighted by atomic mass is 9.92. The van der Waals surface area contributed by atoms with Crippen molar-refractivity contribution < 1.29 is 37.4 Å². The molecule has 1 unspecified atom stereocenters. The summed E-state index contributed by atoms with van der Waals surface area (Å²) >= 11 is 0. The Bertz CT molecular complexity index is 889. The Morgan fingerprint density at radius 1 is 1.09 bits per heavy atom. The number of hydrogen-bond donors (Lipinski definition) is 1. The number of carbonyl (C=O) groups is 4. The van der Waals surface area contributed by atoms with Gasteiger partial charge in [-0.25, -0.2) is 9.59 Å². The molecule has 3 rings (SSSR count). The van der Waals surface area contributed by atoms with Gasteiger partial charge in [0.15, 0.2) is 0 Å². The van der Waals surface area contributed by atoms with E-state index in [1.165, 1.54) is 41.0 Å². The van der Waals surface area contributed by atoms with E-state index in [1.807, 2.05) is 0 Å². The van der Waals surface area contributed by atoms with Crippen LogP contribution in [0.15, 0.2) is 24.3 Å². The highest BCUT2D eigenvalue weighted by Crippen LogP contribution is 2.30. The minimum atomic E-state index is -2.98. The monoisotopic (exact) mass is 454 g/mol. The highest BCUT2D eigenvalue weighted by molar-refractivity contribution is 6.09. The van der Waals surface area contributed by atoms with E-state index in [0.29, 0.717) is 5.56 Å². The van der Waals surface area contributed by atoms with Crippen LogP contribution in [0.5, 0.6) is 5.75 Å². The molecule has 0 spiro atoms. The first kappa shape index (κ1) is 23.2. The number of nitrogens with one attached hydrogen (secondary N) is 1. The number of urea groups is 1. The van der Waals surface area contributed by atoms with E-state index in [-0.39, 0.29) is 38.5 Å². The van der Waals surface area contributed by atoms with E-state index < -0.39 is 42.6 Å². The van der Waals surface area contributed by atoms with Gasteiger partial charge >= 0.3 is 18.7 Å². The van der Waals surface area contributed by atoms with Crippen LogP contribution in [0.2, 0.25) is 0 Å². The van der Waals surface area contributed by atoms with Crippen molar-refractivity contribution in [3.05, 3.63) is 29.8 Å². The Morgan fingerprint density at radius 2 is 1.69 bits per heavy atom. The molecule has 2 heterocycles. The third kappa shape index (κ3) is 4.73. The summed E-state index contributed by atoms with van der Waals surface area (Å²) in [6.45, 7) is 1.08. The van der Waals surface area contributed by atoms with E-state index in [2.05, 4.69) is 10.1 Å². The number of amides is 5. The molecule has 5 amide bonds. The third-order valence-corrected chi connectivity index (χ3v) is 5.38. The van der Waals surface area contributed by atoms with Crippen molar-refractivity contribution in [1.29, 1.82) is 0 Å². The minimum absolute atomic E-state index is 0.0851. The number of nitrogens with zero attached hydrogens (tertiary/aromatic N) is 3. The third-order valence-electron chi connectivity index (χ3n) is 5.38. The number of alkyl halides is 2. The Balaban J connectivity index is 1.62. The molecule has 174 valence electrons. The molecule has 1 atom stereocenters. The van der Waals surface area contributed by atoms with Gasteiger partial charge in [0.1, 0.15) is 17.8 Å². The van der Waals surface area contributed by atoms with Gasteiger partial charge in [-0.3, -0.25) is 14.5 Å². The molecular formula is C20H24F2N4O6. The maximum atomic E-state index is 13.0. The number of halogens is 2. The second-order valence-corrected chi connectivity index (χ2v) is 7.42. The molecule has 2 saturated heterocycles. The average Bonchev–Trinajstić information content (AvgIpc) is 2.98. The molecular weight excluding hydrogens is 430 g/mol. The highest BCUT2D eigenvalue weighted by atomic mass is 19.3. The molecule has 0 aliphatic carbocycles. The molecule has 0 aromatic heterocycles. The van der Waals surface area contributed by atoms with Gasteiger partial charge < -0.3 is 24.6 Å². The predicted molar refractivity (Wildman–Crippen MR) is 106 cm³/mol. The summed E-state index contributed by atoms with van der Waals surface area (Å²) < 4.78 is 33.9. The topological polar surface area (TPSA) is 108 Å². The summed E-state index contributed by atoms with van der Waals surface area (Å²) in [5.41, 5.74) is -1.10. The van der Waals surface area contributed by atoms with Crippen molar-refractivity contribution in [2.24, 2.45) is 0 Å². The van der Waals surface area contributed by atoms with Gasteiger partial charge in [0.2, 0.25) is 5.91 Å². The minimum Gasteiger partial charge on any atom is -0.450 e. The van der Waals surface area contributed by atoms with Gasteiger partial charge in [-0.05, 0) is 31.5 Å². The molecule has 2 aliphatic rings. The van der Waals surface area contributed by atoms with Gasteiger partial charge in [0, 0.05) is 26.2 Å². The molecule has 12 heteroatoms. The van der Waals surface area contributed by atoms with Crippen molar-refractivity contribution in [1.82, 2.24) is 20.0 Å². The Morgan fingerprint density at radius 3 is 2.25 bits per heavy atom. The number of rotatable bonds is 6. The smallest absolute Gasteiger partial charge is 0.409 e. The quantitative estimate of drug-likeness (QED) is 0.651. The Labute approximate surface area is 183 Å². The molecule has 0 radical (unpaired) electrons. The molecule has 1 aromatic rings. The first-order chi connectivity index (χ1) is 15.2. The van der Waals surface area contributed by atoms with Crippen LogP contribution in [0.4, 0.5) is 18.4 Å². The summed E-state index contributed by atoms with van der Waals surface area (Å²) in [6.07, 6.45) is -0.450. The Hall–Kier alpha value is -3.44. The van der Waals surface area contributed by atoms with Crippen LogP contribution in [0.1, 0.15) is 19.4 Å². The van der Waals surface area contributed by atoms with E-state index in [0.717, 1.165) is 4.90 Å². The SMILES string of the molecule is CCOC(=O)N1CCN(C(=O)CN2C(=O)NC(C)(c3ccc(OC(F)F)cc3)C2=O)CC1. The molecule has 1 aromatic carbocycles. The highest BCUT2D eigenvalue weighted by Gasteiger charge is 2.49. The fraction of sp³-hybridized carbons (Fsp3) is 0.500. The first-order valence-corrected chi connectivity index (χ1v) is 10.0. The van der Waals surface area contributed by atoms with Crippen molar-refractivity contribution in [3.8, 4) is 5.75 Å². The summed E-state index contributed by atoms with van der Waals surface area (Å²) in [4.78, 5) is 53.7. The fourth-order valence-corrected chi connectivity index (χ4v) is 3.59. The van der Waals surface area contributed by atoms with Crippen molar-refractivity contribution in [2.75, 3.05) is 39.3 Å². The average molecular weight is 454 g/mol. The molecule has 0 bridgehead atoms. The van der Waals surface area contributed by atoms with Crippen molar-refractivity contribution in [2.45, 2.75) is 26.0 Å². The lowest BCUT2D eigenvalue weighted by Crippen LogP contribution is -2.53. The number of carbonyl (C=O) groups excluding carboxylic acids is 4. The first-order valence-electron chi connectivity index (χ1n) is 10.0. The molecule has 32 heavy (non-hydrogen) atoms. The lowest BCUT2D eigenvalue weighted by molar-refractivity contribution is -0.139. The van der Waals surface area contributed by atoms with E-state index in [9.17, 15) is 28.0 Å². The number of imide groups is 1. The second-order valence-electron chi connectivity index (χ2n) is 7.42. The van der Waals surface area contributed by atoms with Crippen LogP contribution in [0.3, 0.4) is 0 Å². The zero-order chi connectivity index (χ0) is 23.5. The van der Waals surface area contributed by atoms with Crippen molar-refractivity contribution in [3.63, 3.8) is 0 Å². The normalized spacial score (nSPS) is 21.1. The lowest BCUT2D eigenvalue weighted by Gasteiger charge is -2.34. The standard InChI is InChI=1S/C20H24F2N4O6/c1-3-31-19(30)25-10-8-24(9-11-25)15(27)12-26-16(28)20(2,23-18(26)29)13-4-6-14(7-5-13)32-17(21)22/h4-7,17H,3,8-12H2,1-2H3,(H,23,29). The number of benzene rings is 1. The fourth-order valence-electron chi connectivity index (χ4n) is 3.59. The van der Waals surface area contributed by atoms with Crippen LogP contribution in [-0.4, -0.2) is 84.6 Å². The summed E-state index contributed by atoms with van der Waals surface area (Å²) in [5, 5.41) is 2.56. The molecule has 0 saturated carbocycles. The Kier molecular flexibility index (Phi) is 6.80. The van der Waals surface area contributed by atoms with Gasteiger partial charge in [0.25, 0.3) is 5.91 Å². The largest absolute Gasteiger partial charge is 0.450 e. The molecule has 1 N–H and O–H groups in total. The zero-order valence-electron chi connectivity index (χ0n) is 17.7. The number of hydrogen-bond acceptors (Lipinski definition) is 6. The van der Waals surface area contributed by atoms with E-state index in [4.69, 9.17) is 4.74 Å².